The van der Waals surface area contributed by atoms with E-state index in [0.717, 1.165) is 0 Å². The Hall–Kier alpha value is -2.64. The van der Waals surface area contributed by atoms with Crippen LogP contribution in [0.15, 0.2) is 18.2 Å². The van der Waals surface area contributed by atoms with Crippen molar-refractivity contribution in [1.29, 1.82) is 0 Å². The van der Waals surface area contributed by atoms with Gasteiger partial charge in [-0.1, -0.05) is 6.07 Å². The van der Waals surface area contributed by atoms with Crippen LogP contribution >= 0.6 is 0 Å². The fourth-order valence-corrected chi connectivity index (χ4v) is 2.38. The van der Waals surface area contributed by atoms with Crippen LogP contribution in [-0.4, -0.2) is 46.4 Å². The van der Waals surface area contributed by atoms with Crippen LogP contribution < -0.4 is 5.32 Å². The molecule has 1 amide bonds. The number of hydrogen-bond acceptors (Lipinski definition) is 5. The fourth-order valence-electron chi connectivity index (χ4n) is 2.38. The van der Waals surface area contributed by atoms with Crippen molar-refractivity contribution in [2.24, 2.45) is 0 Å². The summed E-state index contributed by atoms with van der Waals surface area (Å²) < 4.78 is 0. The Morgan fingerprint density at radius 3 is 2.81 bits per heavy atom. The van der Waals surface area contributed by atoms with Gasteiger partial charge in [-0.2, -0.15) is 0 Å². The second-order valence-corrected chi connectivity index (χ2v) is 4.92. The van der Waals surface area contributed by atoms with Gasteiger partial charge < -0.3 is 15.3 Å². The quantitative estimate of drug-likeness (QED) is 0.639. The van der Waals surface area contributed by atoms with Crippen molar-refractivity contribution in [2.45, 2.75) is 18.9 Å². The summed E-state index contributed by atoms with van der Waals surface area (Å²) in [7, 11) is 1.66. The van der Waals surface area contributed by atoms with E-state index in [-0.39, 0.29) is 23.2 Å². The van der Waals surface area contributed by atoms with E-state index in [1.807, 2.05) is 0 Å². The number of amides is 1. The van der Waals surface area contributed by atoms with Gasteiger partial charge in [0.05, 0.1) is 4.92 Å². The molecule has 1 aromatic carbocycles. The lowest BCUT2D eigenvalue weighted by Crippen LogP contribution is -2.43. The van der Waals surface area contributed by atoms with Crippen LogP contribution in [0.5, 0.6) is 0 Å². The molecule has 0 saturated carbocycles. The van der Waals surface area contributed by atoms with Gasteiger partial charge in [0.1, 0.15) is 11.3 Å². The molecule has 1 aromatic rings. The SMILES string of the molecule is CN1CC(Nc2cccc(C(=O)O)c2[N+](=O)[O-])CCC1=O. The van der Waals surface area contributed by atoms with Crippen molar-refractivity contribution in [3.8, 4) is 0 Å². The minimum absolute atomic E-state index is 0.0295. The molecule has 1 aliphatic rings. The molecule has 0 aliphatic carbocycles. The smallest absolute Gasteiger partial charge is 0.342 e. The zero-order valence-corrected chi connectivity index (χ0v) is 11.4. The van der Waals surface area contributed by atoms with Gasteiger partial charge in [0.25, 0.3) is 0 Å². The normalized spacial score (nSPS) is 18.4. The van der Waals surface area contributed by atoms with Gasteiger partial charge >= 0.3 is 11.7 Å². The van der Waals surface area contributed by atoms with Crippen molar-refractivity contribution in [3.05, 3.63) is 33.9 Å². The minimum Gasteiger partial charge on any atom is -0.477 e. The summed E-state index contributed by atoms with van der Waals surface area (Å²) >= 11 is 0. The summed E-state index contributed by atoms with van der Waals surface area (Å²) in [5.74, 6) is -1.32. The van der Waals surface area contributed by atoms with E-state index < -0.39 is 16.6 Å². The lowest BCUT2D eigenvalue weighted by atomic mass is 10.0. The van der Waals surface area contributed by atoms with Crippen molar-refractivity contribution >= 4 is 23.3 Å². The van der Waals surface area contributed by atoms with Gasteiger partial charge in [0, 0.05) is 26.1 Å². The fraction of sp³-hybridized carbons (Fsp3) is 0.385. The average molecular weight is 293 g/mol. The second-order valence-electron chi connectivity index (χ2n) is 4.92. The number of nitro groups is 1. The van der Waals surface area contributed by atoms with E-state index in [1.165, 1.54) is 18.2 Å². The van der Waals surface area contributed by atoms with E-state index in [4.69, 9.17) is 5.11 Å². The molecule has 2 rings (SSSR count). The second kappa shape index (κ2) is 5.78. The Labute approximate surface area is 120 Å². The molecule has 1 fully saturated rings. The molecular formula is C13H15N3O5. The molecule has 1 aliphatic heterocycles. The number of benzene rings is 1. The maximum absolute atomic E-state index is 11.4. The zero-order valence-electron chi connectivity index (χ0n) is 11.4. The van der Waals surface area contributed by atoms with Crippen molar-refractivity contribution < 1.29 is 19.6 Å². The molecule has 8 nitrogen and oxygen atoms in total. The molecular weight excluding hydrogens is 278 g/mol. The molecule has 1 saturated heterocycles. The Balaban J connectivity index is 2.28. The van der Waals surface area contributed by atoms with E-state index in [0.29, 0.717) is 19.4 Å². The number of anilines is 1. The lowest BCUT2D eigenvalue weighted by Gasteiger charge is -2.30. The number of carboxylic acids is 1. The van der Waals surface area contributed by atoms with Gasteiger partial charge in [-0.15, -0.1) is 0 Å². The van der Waals surface area contributed by atoms with E-state index in [2.05, 4.69) is 5.32 Å². The molecule has 2 N–H and O–H groups in total. The monoisotopic (exact) mass is 293 g/mol. The molecule has 112 valence electrons. The van der Waals surface area contributed by atoms with Gasteiger partial charge in [-0.25, -0.2) is 4.79 Å². The van der Waals surface area contributed by atoms with Crippen LogP contribution in [-0.2, 0) is 4.79 Å². The topological polar surface area (TPSA) is 113 Å². The molecule has 0 bridgehead atoms. The number of aromatic carboxylic acids is 1. The highest BCUT2D eigenvalue weighted by atomic mass is 16.6. The van der Waals surface area contributed by atoms with E-state index >= 15 is 0 Å². The molecule has 1 heterocycles. The van der Waals surface area contributed by atoms with Gasteiger partial charge in [0.2, 0.25) is 5.91 Å². The molecule has 21 heavy (non-hydrogen) atoms. The number of nitrogens with zero attached hydrogens (tertiary/aromatic N) is 2. The molecule has 0 radical (unpaired) electrons. The number of para-hydroxylation sites is 1. The number of carboxylic acid groups (broad SMARTS) is 1. The third-order valence-electron chi connectivity index (χ3n) is 3.44. The molecule has 0 aromatic heterocycles. The predicted molar refractivity (Wildman–Crippen MR) is 74.3 cm³/mol. The van der Waals surface area contributed by atoms with E-state index in [1.54, 1.807) is 11.9 Å². The number of rotatable bonds is 4. The first kappa shape index (κ1) is 14.8. The first-order valence-electron chi connectivity index (χ1n) is 6.41. The summed E-state index contributed by atoms with van der Waals surface area (Å²) in [6.07, 6.45) is 0.915. The highest BCUT2D eigenvalue weighted by Gasteiger charge is 2.28. The van der Waals surface area contributed by atoms with Gasteiger partial charge in [-0.05, 0) is 18.6 Å². The van der Waals surface area contributed by atoms with Crippen LogP contribution in [0, 0.1) is 10.1 Å². The van der Waals surface area contributed by atoms with Crippen LogP contribution in [0.3, 0.4) is 0 Å². The highest BCUT2D eigenvalue weighted by molar-refractivity contribution is 5.95. The largest absolute Gasteiger partial charge is 0.477 e. The first-order chi connectivity index (χ1) is 9.90. The van der Waals surface area contributed by atoms with Gasteiger partial charge in [-0.3, -0.25) is 14.9 Å². The Morgan fingerprint density at radius 1 is 1.52 bits per heavy atom. The third kappa shape index (κ3) is 3.10. The lowest BCUT2D eigenvalue weighted by molar-refractivity contribution is -0.384. The number of nitro benzene ring substituents is 1. The molecule has 0 spiro atoms. The predicted octanol–water partition coefficient (Wildman–Crippen LogP) is 1.33. The van der Waals surface area contributed by atoms with Crippen molar-refractivity contribution in [3.63, 3.8) is 0 Å². The maximum Gasteiger partial charge on any atom is 0.342 e. The minimum atomic E-state index is -1.35. The third-order valence-corrected chi connectivity index (χ3v) is 3.44. The first-order valence-corrected chi connectivity index (χ1v) is 6.41. The molecule has 1 unspecified atom stereocenters. The number of piperidine rings is 1. The average Bonchev–Trinajstić information content (AvgIpc) is 2.42. The Morgan fingerprint density at radius 2 is 2.24 bits per heavy atom. The number of likely N-dealkylation sites (N-methyl/N-ethyl adjacent to an activating group) is 1. The van der Waals surface area contributed by atoms with E-state index in [9.17, 15) is 19.7 Å². The molecule has 8 heteroatoms. The molecule has 1 atom stereocenters. The van der Waals surface area contributed by atoms with Crippen LogP contribution in [0.2, 0.25) is 0 Å². The summed E-state index contributed by atoms with van der Waals surface area (Å²) in [5.41, 5.74) is -0.651. The zero-order chi connectivity index (χ0) is 15.6. The summed E-state index contributed by atoms with van der Waals surface area (Å²) in [4.78, 5) is 34.5. The number of carbonyl (C=O) groups is 2. The number of carbonyl (C=O) groups excluding carboxylic acids is 1. The summed E-state index contributed by atoms with van der Waals surface area (Å²) in [6, 6.07) is 3.98. The van der Waals surface area contributed by atoms with Crippen LogP contribution in [0.1, 0.15) is 23.2 Å². The Bertz CT molecular complexity index is 601. The number of likely N-dealkylation sites (tertiary alicyclic amines) is 1. The standard InChI is InChI=1S/C13H15N3O5/c1-15-7-8(5-6-11(15)17)14-10-4-2-3-9(13(18)19)12(10)16(20)21/h2-4,8,14H,5-7H2,1H3,(H,18,19). The maximum atomic E-state index is 11.4. The van der Waals surface area contributed by atoms with Crippen molar-refractivity contribution in [2.75, 3.05) is 18.9 Å². The van der Waals surface area contributed by atoms with Crippen LogP contribution in [0.25, 0.3) is 0 Å². The number of hydrogen-bond donors (Lipinski definition) is 2. The summed E-state index contributed by atoms with van der Waals surface area (Å²) in [5, 5.41) is 23.2. The Kier molecular flexibility index (Phi) is 4.06. The van der Waals surface area contributed by atoms with Crippen molar-refractivity contribution in [1.82, 2.24) is 4.90 Å². The number of nitrogens with one attached hydrogen (secondary N) is 1. The highest BCUT2D eigenvalue weighted by Crippen LogP contribution is 2.30. The summed E-state index contributed by atoms with van der Waals surface area (Å²) in [6.45, 7) is 0.424. The van der Waals surface area contributed by atoms with Gasteiger partial charge in [0.15, 0.2) is 0 Å². The van der Waals surface area contributed by atoms with Crippen LogP contribution in [0.4, 0.5) is 11.4 Å².